The molecule has 10 nitrogen and oxygen atoms in total. The fourth-order valence-electron chi connectivity index (χ4n) is 7.75. The lowest BCUT2D eigenvalue weighted by Gasteiger charge is -2.38. The number of pyridine rings is 1. The average molecular weight is 667 g/mol. The quantitative estimate of drug-likeness (QED) is 0.185. The number of fused-ring (bicyclic) bond motifs is 3. The molecule has 1 saturated carbocycles. The Balaban J connectivity index is 1.36. The number of hydrogen-bond donors (Lipinski definition) is 3. The number of nitriles is 1. The second-order valence-corrected chi connectivity index (χ2v) is 14.7. The molecule has 0 radical (unpaired) electrons. The number of likely N-dealkylation sites (N-methyl/N-ethyl adjacent to an activating group) is 1. The van der Waals surface area contributed by atoms with Crippen molar-refractivity contribution in [1.82, 2.24) is 14.8 Å². The molecule has 49 heavy (non-hydrogen) atoms. The van der Waals surface area contributed by atoms with Crippen LogP contribution >= 0.6 is 0 Å². The van der Waals surface area contributed by atoms with E-state index in [0.29, 0.717) is 35.4 Å². The van der Waals surface area contributed by atoms with Crippen molar-refractivity contribution in [2.24, 2.45) is 5.92 Å². The Kier molecular flexibility index (Phi) is 8.39. The van der Waals surface area contributed by atoms with Crippen molar-refractivity contribution in [3.8, 4) is 28.8 Å². The Morgan fingerprint density at radius 2 is 2.02 bits per heavy atom. The maximum atomic E-state index is 17.3. The van der Waals surface area contributed by atoms with Gasteiger partial charge in [0, 0.05) is 35.9 Å². The molecule has 8 rings (SSSR count). The van der Waals surface area contributed by atoms with E-state index >= 15 is 4.39 Å². The van der Waals surface area contributed by atoms with Gasteiger partial charge in [-0.15, -0.1) is 0 Å². The number of aromatic hydroxyl groups is 1. The first-order chi connectivity index (χ1) is 23.4. The number of benzene rings is 3. The molecule has 256 valence electrons. The number of ether oxygens (including phenoxy) is 2. The monoisotopic (exact) mass is 666 g/mol. The van der Waals surface area contributed by atoms with Crippen molar-refractivity contribution in [1.29, 1.82) is 5.26 Å². The van der Waals surface area contributed by atoms with Crippen LogP contribution < -0.4 is 15.8 Å². The third-order valence-corrected chi connectivity index (χ3v) is 10.2. The van der Waals surface area contributed by atoms with Gasteiger partial charge in [-0.1, -0.05) is 24.3 Å². The van der Waals surface area contributed by atoms with Crippen molar-refractivity contribution in [2.45, 2.75) is 76.6 Å². The summed E-state index contributed by atoms with van der Waals surface area (Å²) < 4.78 is 29.3. The first-order valence-corrected chi connectivity index (χ1v) is 17.1. The fraction of sp³-hybridized carbons (Fsp3) is 0.447. The summed E-state index contributed by atoms with van der Waals surface area (Å²) in [6, 6.07) is 14.7. The zero-order valence-corrected chi connectivity index (χ0v) is 28.4. The molecule has 4 N–H and O–H groups in total. The first kappa shape index (κ1) is 32.7. The number of phenols is 1. The predicted molar refractivity (Wildman–Crippen MR) is 188 cm³/mol. The molecule has 0 spiro atoms. The van der Waals surface area contributed by atoms with Gasteiger partial charge in [0.1, 0.15) is 29.2 Å². The largest absolute Gasteiger partial charge is 0.508 e. The van der Waals surface area contributed by atoms with Crippen molar-refractivity contribution in [2.75, 3.05) is 37.8 Å². The smallest absolute Gasteiger partial charge is 0.410 e. The van der Waals surface area contributed by atoms with Crippen LogP contribution in [-0.2, 0) is 11.2 Å². The van der Waals surface area contributed by atoms with Gasteiger partial charge in [0.15, 0.2) is 5.82 Å². The zero-order valence-electron chi connectivity index (χ0n) is 28.4. The summed E-state index contributed by atoms with van der Waals surface area (Å²) in [5.74, 6) is -0.273. The van der Waals surface area contributed by atoms with E-state index in [9.17, 15) is 15.2 Å². The van der Waals surface area contributed by atoms with E-state index in [1.54, 1.807) is 17.0 Å². The number of likely N-dealkylation sites (tertiary alicyclic amines) is 1. The SMILES string of the molecule is CN1CCC[C@H]1COc1nc2c(F)c(-c3cc(O)cc4ccccc34)c(CCC#N)cc2c(NC2C3CC2N(C(=O)OC(C)(C)C)C3)c1N. The van der Waals surface area contributed by atoms with Crippen molar-refractivity contribution >= 4 is 39.1 Å². The van der Waals surface area contributed by atoms with E-state index < -0.39 is 11.4 Å². The standard InChI is InChI=1S/C38H43FN6O4/c1-38(2,3)49-37(47)45-19-23-17-29(45)33(23)42-35-28-16-22(10-7-13-40)30(27-18-25(46)15-21-9-5-6-12-26(21)27)31(39)34(28)43-36(32(35)41)48-20-24-11-8-14-44(24)4/h5-6,9,12,15-16,18,23-24,29,33,46H,7-8,10-11,14,17,19-20,41H2,1-4H3,(H,42,43)/t23?,24-,29?,33?/m0/s1. The molecule has 4 aliphatic rings. The number of halogens is 1. The number of aromatic nitrogens is 1. The summed E-state index contributed by atoms with van der Waals surface area (Å²) in [6.07, 6.45) is 2.95. The number of nitrogens with two attached hydrogens (primary N) is 1. The molecular formula is C38H43FN6O4. The normalized spacial score (nSPS) is 21.9. The Hall–Kier alpha value is -4.82. The lowest BCUT2D eigenvalue weighted by atomic mass is 9.79. The van der Waals surface area contributed by atoms with Crippen molar-refractivity contribution < 1.29 is 23.8 Å². The average Bonchev–Trinajstić information content (AvgIpc) is 3.77. The molecule has 3 saturated heterocycles. The number of aryl methyl sites for hydroxylation is 1. The molecule has 4 fully saturated rings. The molecular weight excluding hydrogens is 623 g/mol. The molecule has 4 heterocycles. The van der Waals surface area contributed by atoms with Crippen molar-refractivity contribution in [3.05, 3.63) is 53.8 Å². The van der Waals surface area contributed by atoms with Crippen LogP contribution in [0.2, 0.25) is 0 Å². The highest BCUT2D eigenvalue weighted by Crippen LogP contribution is 2.48. The maximum Gasteiger partial charge on any atom is 0.410 e. The van der Waals surface area contributed by atoms with Crippen LogP contribution in [0.1, 0.15) is 52.0 Å². The number of amides is 1. The molecule has 4 aromatic rings. The third kappa shape index (κ3) is 6.03. The summed E-state index contributed by atoms with van der Waals surface area (Å²) in [5.41, 5.74) is 8.46. The van der Waals surface area contributed by atoms with Crippen LogP contribution in [0, 0.1) is 23.1 Å². The summed E-state index contributed by atoms with van der Waals surface area (Å²) in [4.78, 5) is 21.8. The Morgan fingerprint density at radius 1 is 1.22 bits per heavy atom. The van der Waals surface area contributed by atoms with Gasteiger partial charge in [0.2, 0.25) is 5.88 Å². The van der Waals surface area contributed by atoms with Crippen LogP contribution in [0.15, 0.2) is 42.5 Å². The van der Waals surface area contributed by atoms with Crippen molar-refractivity contribution in [3.63, 3.8) is 0 Å². The molecule has 1 amide bonds. The highest BCUT2D eigenvalue weighted by Gasteiger charge is 2.55. The van der Waals surface area contributed by atoms with Crippen LogP contribution in [-0.4, -0.2) is 76.5 Å². The Bertz CT molecular complexity index is 1990. The molecule has 2 bridgehead atoms. The fourth-order valence-corrected chi connectivity index (χ4v) is 7.75. The Morgan fingerprint density at radius 3 is 2.76 bits per heavy atom. The highest BCUT2D eigenvalue weighted by molar-refractivity contribution is 6.05. The second kappa shape index (κ2) is 12.6. The summed E-state index contributed by atoms with van der Waals surface area (Å²) in [5, 5.41) is 25.9. The summed E-state index contributed by atoms with van der Waals surface area (Å²) >= 11 is 0. The summed E-state index contributed by atoms with van der Waals surface area (Å²) in [6.45, 7) is 7.42. The number of nitrogen functional groups attached to an aromatic ring is 1. The molecule has 3 unspecified atom stereocenters. The lowest BCUT2D eigenvalue weighted by molar-refractivity contribution is 0.0239. The van der Waals surface area contributed by atoms with E-state index in [1.165, 1.54) is 0 Å². The molecule has 4 atom stereocenters. The van der Waals surface area contributed by atoms with Gasteiger partial charge >= 0.3 is 6.09 Å². The molecule has 3 aliphatic heterocycles. The number of hydrogen-bond acceptors (Lipinski definition) is 9. The number of nitrogens with zero attached hydrogens (tertiary/aromatic N) is 4. The minimum atomic E-state index is -0.617. The topological polar surface area (TPSA) is 137 Å². The van der Waals surface area contributed by atoms with Gasteiger partial charge in [0.25, 0.3) is 0 Å². The minimum Gasteiger partial charge on any atom is -0.508 e. The molecule has 3 aromatic carbocycles. The van der Waals surface area contributed by atoms with Gasteiger partial charge in [-0.3, -0.25) is 0 Å². The predicted octanol–water partition coefficient (Wildman–Crippen LogP) is 6.83. The number of carbonyl (C=O) groups excluding carboxylic acids is 1. The first-order valence-electron chi connectivity index (χ1n) is 17.1. The second-order valence-electron chi connectivity index (χ2n) is 14.7. The lowest BCUT2D eigenvalue weighted by Crippen LogP contribution is -2.50. The van der Waals surface area contributed by atoms with Gasteiger partial charge in [-0.2, -0.15) is 5.26 Å². The van der Waals surface area contributed by atoms with Crippen LogP contribution in [0.4, 0.5) is 20.6 Å². The van der Waals surface area contributed by atoms with Crippen LogP contribution in [0.3, 0.4) is 0 Å². The van der Waals surface area contributed by atoms with Crippen LogP contribution in [0.25, 0.3) is 32.8 Å². The van der Waals surface area contributed by atoms with Gasteiger partial charge in [-0.05, 0) is 100 Å². The maximum absolute atomic E-state index is 17.3. The van der Waals surface area contributed by atoms with Gasteiger partial charge in [0.05, 0.1) is 23.8 Å². The highest BCUT2D eigenvalue weighted by atomic mass is 19.1. The number of carbonyl (C=O) groups is 1. The molecule has 1 aromatic heterocycles. The van der Waals surface area contributed by atoms with E-state index in [-0.39, 0.29) is 71.4 Å². The molecule has 11 heteroatoms. The van der Waals surface area contributed by atoms with Crippen LogP contribution in [0.5, 0.6) is 11.6 Å². The van der Waals surface area contributed by atoms with Gasteiger partial charge < -0.3 is 35.4 Å². The number of nitrogens with one attached hydrogen (secondary N) is 1. The summed E-state index contributed by atoms with van der Waals surface area (Å²) in [7, 11) is 2.06. The van der Waals surface area contributed by atoms with Gasteiger partial charge in [-0.25, -0.2) is 14.2 Å². The van der Waals surface area contributed by atoms with E-state index in [2.05, 4.69) is 23.3 Å². The van der Waals surface area contributed by atoms with E-state index in [1.807, 2.05) is 51.1 Å². The zero-order chi connectivity index (χ0) is 34.6. The van der Waals surface area contributed by atoms with E-state index in [0.717, 1.165) is 36.6 Å². The number of rotatable bonds is 8. The van der Waals surface area contributed by atoms with E-state index in [4.69, 9.17) is 20.2 Å². The minimum absolute atomic E-state index is 0.00626. The number of anilines is 2. The molecule has 1 aliphatic carbocycles. The third-order valence-electron chi connectivity index (χ3n) is 10.2. The number of phenolic OH excluding ortho intramolecular Hbond substituents is 1. The Labute approximate surface area is 285 Å².